The summed E-state index contributed by atoms with van der Waals surface area (Å²) in [6.07, 6.45) is 65.4. The van der Waals surface area contributed by atoms with Gasteiger partial charge in [0.25, 0.3) is 0 Å². The van der Waals surface area contributed by atoms with Gasteiger partial charge in [-0.15, -0.1) is 0 Å². The van der Waals surface area contributed by atoms with E-state index in [4.69, 9.17) is 14.2 Å². The molecule has 0 aliphatic carbocycles. The van der Waals surface area contributed by atoms with Gasteiger partial charge >= 0.3 is 17.9 Å². The second-order valence-corrected chi connectivity index (χ2v) is 20.6. The molecule has 0 fully saturated rings. The molecule has 6 nitrogen and oxygen atoms in total. The highest BCUT2D eigenvalue weighted by Crippen LogP contribution is 2.17. The molecular weight excluding hydrogens is 829 g/mol. The van der Waals surface area contributed by atoms with Crippen molar-refractivity contribution in [3.8, 4) is 0 Å². The average Bonchev–Trinajstić information content (AvgIpc) is 3.33. The fraction of sp³-hybridized carbons (Fsp3) is 0.918. The van der Waals surface area contributed by atoms with Crippen molar-refractivity contribution in [3.63, 3.8) is 0 Å². The van der Waals surface area contributed by atoms with Crippen LogP contribution < -0.4 is 0 Å². The number of carbonyl (C=O) groups excluding carboxylic acids is 3. The molecule has 6 heteroatoms. The normalized spacial score (nSPS) is 12.0. The Kier molecular flexibility index (Phi) is 55.2. The fourth-order valence-corrected chi connectivity index (χ4v) is 9.21. The van der Waals surface area contributed by atoms with E-state index >= 15 is 0 Å². The fourth-order valence-electron chi connectivity index (χ4n) is 9.21. The molecule has 0 spiro atoms. The molecule has 0 aliphatic rings. The molecule has 0 rings (SSSR count). The number of carbonyl (C=O) groups is 3. The van der Waals surface area contributed by atoms with Crippen LogP contribution in [0.25, 0.3) is 0 Å². The molecule has 67 heavy (non-hydrogen) atoms. The summed E-state index contributed by atoms with van der Waals surface area (Å²) in [5.74, 6) is -0.851. The van der Waals surface area contributed by atoms with Crippen LogP contribution in [0, 0.1) is 0 Å². The predicted molar refractivity (Wildman–Crippen MR) is 289 cm³/mol. The maximum atomic E-state index is 12.8. The van der Waals surface area contributed by atoms with Crippen molar-refractivity contribution in [2.45, 2.75) is 348 Å². The third kappa shape index (κ3) is 55.0. The molecular formula is C61H116O6. The van der Waals surface area contributed by atoms with Crippen molar-refractivity contribution in [2.75, 3.05) is 13.2 Å². The quantitative estimate of drug-likeness (QED) is 0.0262. The Balaban J connectivity index is 4.04. The molecule has 0 amide bonds. The summed E-state index contributed by atoms with van der Waals surface area (Å²) in [6.45, 7) is 6.64. The Morgan fingerprint density at radius 3 is 0.746 bits per heavy atom. The summed E-state index contributed by atoms with van der Waals surface area (Å²) in [6, 6.07) is 0. The molecule has 1 unspecified atom stereocenters. The second kappa shape index (κ2) is 56.7. The van der Waals surface area contributed by atoms with Crippen molar-refractivity contribution in [3.05, 3.63) is 12.2 Å². The van der Waals surface area contributed by atoms with Crippen LogP contribution in [0.3, 0.4) is 0 Å². The van der Waals surface area contributed by atoms with Crippen molar-refractivity contribution in [1.82, 2.24) is 0 Å². The van der Waals surface area contributed by atoms with Gasteiger partial charge in [-0.2, -0.15) is 0 Å². The first kappa shape index (κ1) is 65.1. The number of hydrogen-bond acceptors (Lipinski definition) is 6. The molecule has 0 heterocycles. The predicted octanol–water partition coefficient (Wildman–Crippen LogP) is 20.1. The lowest BCUT2D eigenvalue weighted by molar-refractivity contribution is -0.167. The van der Waals surface area contributed by atoms with Crippen LogP contribution in [0.4, 0.5) is 0 Å². The van der Waals surface area contributed by atoms with Crippen molar-refractivity contribution < 1.29 is 28.6 Å². The van der Waals surface area contributed by atoms with Gasteiger partial charge in [0.15, 0.2) is 6.10 Å². The minimum atomic E-state index is -0.762. The van der Waals surface area contributed by atoms with Gasteiger partial charge in [-0.3, -0.25) is 14.4 Å². The smallest absolute Gasteiger partial charge is 0.306 e. The second-order valence-electron chi connectivity index (χ2n) is 20.6. The van der Waals surface area contributed by atoms with Crippen LogP contribution in [0.5, 0.6) is 0 Å². The van der Waals surface area contributed by atoms with E-state index in [1.165, 1.54) is 244 Å². The first-order valence-electron chi connectivity index (χ1n) is 30.2. The van der Waals surface area contributed by atoms with Crippen LogP contribution >= 0.6 is 0 Å². The summed E-state index contributed by atoms with van der Waals surface area (Å²) in [5.41, 5.74) is 0. The number of allylic oxidation sites excluding steroid dienone is 2. The van der Waals surface area contributed by atoms with Gasteiger partial charge in [0.2, 0.25) is 0 Å². The Bertz CT molecular complexity index is 1040. The molecule has 0 saturated heterocycles. The van der Waals surface area contributed by atoms with Crippen LogP contribution in [0.1, 0.15) is 342 Å². The third-order valence-electron chi connectivity index (χ3n) is 13.8. The minimum absolute atomic E-state index is 0.0647. The zero-order valence-electron chi connectivity index (χ0n) is 45.5. The topological polar surface area (TPSA) is 78.9 Å². The molecule has 0 N–H and O–H groups in total. The van der Waals surface area contributed by atoms with Crippen molar-refractivity contribution >= 4 is 17.9 Å². The molecule has 0 saturated carbocycles. The van der Waals surface area contributed by atoms with Gasteiger partial charge in [0.1, 0.15) is 13.2 Å². The van der Waals surface area contributed by atoms with Gasteiger partial charge < -0.3 is 14.2 Å². The van der Waals surface area contributed by atoms with Gasteiger partial charge in [-0.1, -0.05) is 290 Å². The maximum Gasteiger partial charge on any atom is 0.306 e. The first-order valence-corrected chi connectivity index (χ1v) is 30.2. The van der Waals surface area contributed by atoms with Crippen LogP contribution in [0.15, 0.2) is 12.2 Å². The van der Waals surface area contributed by atoms with Crippen molar-refractivity contribution in [2.24, 2.45) is 0 Å². The van der Waals surface area contributed by atoms with E-state index in [-0.39, 0.29) is 31.1 Å². The molecule has 0 aliphatic heterocycles. The number of ether oxygens (including phenoxy) is 3. The molecule has 1 atom stereocenters. The van der Waals surface area contributed by atoms with Gasteiger partial charge in [0, 0.05) is 19.3 Å². The molecule has 0 aromatic heterocycles. The van der Waals surface area contributed by atoms with Gasteiger partial charge in [-0.05, 0) is 44.9 Å². The van der Waals surface area contributed by atoms with Gasteiger partial charge in [0.05, 0.1) is 0 Å². The Hall–Kier alpha value is -1.85. The van der Waals surface area contributed by atoms with E-state index in [9.17, 15) is 14.4 Å². The average molecular weight is 946 g/mol. The molecule has 0 aromatic rings. The molecule has 0 radical (unpaired) electrons. The summed E-state index contributed by atoms with van der Waals surface area (Å²) in [7, 11) is 0. The zero-order valence-corrected chi connectivity index (χ0v) is 45.5. The van der Waals surface area contributed by atoms with Crippen molar-refractivity contribution in [1.29, 1.82) is 0 Å². The van der Waals surface area contributed by atoms with E-state index in [2.05, 4.69) is 32.9 Å². The summed E-state index contributed by atoms with van der Waals surface area (Å²) < 4.78 is 16.8. The number of rotatable bonds is 56. The van der Waals surface area contributed by atoms with Crippen LogP contribution in [-0.2, 0) is 28.6 Å². The zero-order chi connectivity index (χ0) is 48.6. The monoisotopic (exact) mass is 945 g/mol. The lowest BCUT2D eigenvalue weighted by Gasteiger charge is -2.18. The van der Waals surface area contributed by atoms with E-state index in [0.29, 0.717) is 19.3 Å². The Labute approximate surface area is 418 Å². The molecule has 0 bridgehead atoms. The van der Waals surface area contributed by atoms with Crippen LogP contribution in [-0.4, -0.2) is 37.2 Å². The maximum absolute atomic E-state index is 12.8. The highest BCUT2D eigenvalue weighted by molar-refractivity contribution is 5.71. The Morgan fingerprint density at radius 2 is 0.493 bits per heavy atom. The van der Waals surface area contributed by atoms with E-state index in [1.54, 1.807) is 0 Å². The third-order valence-corrected chi connectivity index (χ3v) is 13.8. The van der Waals surface area contributed by atoms with E-state index < -0.39 is 6.10 Å². The highest BCUT2D eigenvalue weighted by atomic mass is 16.6. The van der Waals surface area contributed by atoms with Crippen LogP contribution in [0.2, 0.25) is 0 Å². The largest absolute Gasteiger partial charge is 0.462 e. The summed E-state index contributed by atoms with van der Waals surface area (Å²) >= 11 is 0. The number of unbranched alkanes of at least 4 members (excludes halogenated alkanes) is 43. The lowest BCUT2D eigenvalue weighted by Crippen LogP contribution is -2.30. The SMILES string of the molecule is CCCCCCCCCC/C=C\CCCCCCCCCCCCCCCC(=O)OCC(COC(=O)CCCCCCCC)OC(=O)CCCCCCCCCCCCCCCCCCCC. The summed E-state index contributed by atoms with van der Waals surface area (Å²) in [5, 5.41) is 0. The molecule has 0 aromatic carbocycles. The number of hydrogen-bond donors (Lipinski definition) is 0. The van der Waals surface area contributed by atoms with E-state index in [0.717, 1.165) is 57.8 Å². The first-order chi connectivity index (χ1) is 33.0. The lowest BCUT2D eigenvalue weighted by atomic mass is 10.0. The Morgan fingerprint density at radius 1 is 0.284 bits per heavy atom. The minimum Gasteiger partial charge on any atom is -0.462 e. The summed E-state index contributed by atoms with van der Waals surface area (Å²) in [4.78, 5) is 37.9. The standard InChI is InChI=1S/C61H116O6/c1-4-7-10-13-16-18-20-22-24-26-28-29-30-31-32-33-34-36-37-39-41-43-45-48-51-54-60(63)66-57-58(56-65-59(62)53-50-47-15-12-9-6-3)67-61(64)55-52-49-46-44-42-40-38-35-27-25-23-21-19-17-14-11-8-5-2/h26,28,58H,4-25,27,29-57H2,1-3H3/b28-26-. The molecule has 396 valence electrons. The van der Waals surface area contributed by atoms with E-state index in [1.807, 2.05) is 0 Å². The van der Waals surface area contributed by atoms with Gasteiger partial charge in [-0.25, -0.2) is 0 Å². The highest BCUT2D eigenvalue weighted by Gasteiger charge is 2.19. The number of esters is 3.